The van der Waals surface area contributed by atoms with Crippen LogP contribution in [0.3, 0.4) is 0 Å². The lowest BCUT2D eigenvalue weighted by atomic mass is 10.2. The number of fused-ring (bicyclic) bond motifs is 1. The highest BCUT2D eigenvalue weighted by molar-refractivity contribution is 7.22. The van der Waals surface area contributed by atoms with Gasteiger partial charge in [-0.25, -0.2) is 15.0 Å². The number of nitrogens with one attached hydrogen (secondary N) is 2. The van der Waals surface area contributed by atoms with E-state index < -0.39 is 0 Å². The van der Waals surface area contributed by atoms with Gasteiger partial charge < -0.3 is 10.6 Å². The number of hydrogen-bond donors (Lipinski definition) is 2. The number of halogens is 1. The van der Waals surface area contributed by atoms with Gasteiger partial charge in [-0.05, 0) is 36.8 Å². The van der Waals surface area contributed by atoms with Crippen LogP contribution in [0.15, 0.2) is 41.9 Å². The predicted octanol–water partition coefficient (Wildman–Crippen LogP) is 5.03. The monoisotopic (exact) mass is 415 g/mol. The predicted molar refractivity (Wildman–Crippen MR) is 111 cm³/mol. The number of pyridine rings is 1. The Kier molecular flexibility index (Phi) is 5.02. The average molecular weight is 416 g/mol. The Labute approximate surface area is 168 Å². The average Bonchev–Trinajstić information content (AvgIpc) is 3.22. The van der Waals surface area contributed by atoms with Gasteiger partial charge in [0.2, 0.25) is 5.91 Å². The number of nitrogens with zero attached hydrogens (tertiary/aromatic N) is 3. The van der Waals surface area contributed by atoms with Gasteiger partial charge in [0.25, 0.3) is 0 Å². The second-order valence-corrected chi connectivity index (χ2v) is 8.17. The highest BCUT2D eigenvalue weighted by atomic mass is 35.5. The fraction of sp³-hybridized carbons (Fsp3) is 0.111. The summed E-state index contributed by atoms with van der Waals surface area (Å²) in [6.45, 7) is 2.03. The van der Waals surface area contributed by atoms with Crippen LogP contribution in [0, 0.1) is 6.92 Å². The molecule has 27 heavy (non-hydrogen) atoms. The summed E-state index contributed by atoms with van der Waals surface area (Å²) in [5.74, 6) is 0.502. The molecular weight excluding hydrogens is 402 g/mol. The Bertz CT molecular complexity index is 1110. The second-order valence-electron chi connectivity index (χ2n) is 5.85. The lowest BCUT2D eigenvalue weighted by Gasteiger charge is -2.01. The molecule has 0 radical (unpaired) electrons. The van der Waals surface area contributed by atoms with Crippen molar-refractivity contribution in [3.05, 3.63) is 58.2 Å². The molecule has 2 N–H and O–H groups in total. The number of benzene rings is 1. The first-order valence-corrected chi connectivity index (χ1v) is 10.1. The maximum absolute atomic E-state index is 12.3. The van der Waals surface area contributed by atoms with Gasteiger partial charge in [0, 0.05) is 11.6 Å². The lowest BCUT2D eigenvalue weighted by Crippen LogP contribution is -2.14. The summed E-state index contributed by atoms with van der Waals surface area (Å²) in [5.41, 5.74) is 2.74. The van der Waals surface area contributed by atoms with E-state index in [0.717, 1.165) is 10.2 Å². The zero-order chi connectivity index (χ0) is 18.8. The summed E-state index contributed by atoms with van der Waals surface area (Å²) < 4.78 is 1.06. The van der Waals surface area contributed by atoms with Crippen LogP contribution in [0.2, 0.25) is 5.02 Å². The molecule has 3 heterocycles. The van der Waals surface area contributed by atoms with Crippen LogP contribution in [-0.2, 0) is 11.2 Å². The molecule has 4 rings (SSSR count). The molecule has 0 atom stereocenters. The Morgan fingerprint density at radius 1 is 1.19 bits per heavy atom. The van der Waals surface area contributed by atoms with Gasteiger partial charge in [-0.15, -0.1) is 11.3 Å². The zero-order valence-corrected chi connectivity index (χ0v) is 16.6. The topological polar surface area (TPSA) is 79.8 Å². The number of rotatable bonds is 5. The van der Waals surface area contributed by atoms with Crippen LogP contribution in [0.5, 0.6) is 0 Å². The standard InChI is InChI=1S/C18H14ClN5OS2/c1-10-2-4-13-14(6-10)27-18(22-13)24-16(25)7-12-9-26-17(21-12)23-15-5-3-11(19)8-20-15/h2-6,8-9H,7H2,1H3,(H,20,21,23)(H,22,24,25). The Hall–Kier alpha value is -2.55. The van der Waals surface area contributed by atoms with Crippen molar-refractivity contribution in [2.24, 2.45) is 0 Å². The SMILES string of the molecule is Cc1ccc2nc(NC(=O)Cc3csc(Nc4ccc(Cl)cn4)n3)sc2c1. The van der Waals surface area contributed by atoms with Crippen LogP contribution < -0.4 is 10.6 Å². The molecule has 0 spiro atoms. The molecule has 0 fully saturated rings. The number of amides is 1. The largest absolute Gasteiger partial charge is 0.316 e. The fourth-order valence-corrected chi connectivity index (χ4v) is 4.23. The molecule has 1 aromatic carbocycles. The number of aromatic nitrogens is 3. The van der Waals surface area contributed by atoms with Crippen LogP contribution in [-0.4, -0.2) is 20.9 Å². The van der Waals surface area contributed by atoms with Crippen molar-refractivity contribution in [2.75, 3.05) is 10.6 Å². The second kappa shape index (κ2) is 7.59. The first kappa shape index (κ1) is 17.8. The van der Waals surface area contributed by atoms with E-state index in [0.29, 0.717) is 26.8 Å². The number of carbonyl (C=O) groups excluding carboxylic acids is 1. The fourth-order valence-electron chi connectivity index (χ4n) is 2.42. The summed E-state index contributed by atoms with van der Waals surface area (Å²) >= 11 is 8.70. The van der Waals surface area contributed by atoms with Gasteiger partial charge in [-0.3, -0.25) is 4.79 Å². The van der Waals surface area contributed by atoms with E-state index in [9.17, 15) is 4.79 Å². The Morgan fingerprint density at radius 2 is 2.07 bits per heavy atom. The maximum Gasteiger partial charge on any atom is 0.232 e. The molecule has 0 saturated heterocycles. The maximum atomic E-state index is 12.3. The first-order chi connectivity index (χ1) is 13.0. The van der Waals surface area contributed by atoms with Crippen molar-refractivity contribution >= 4 is 66.5 Å². The van der Waals surface area contributed by atoms with Crippen molar-refractivity contribution in [1.29, 1.82) is 0 Å². The summed E-state index contributed by atoms with van der Waals surface area (Å²) in [4.78, 5) is 25.3. The molecule has 3 aromatic heterocycles. The molecule has 1 amide bonds. The van der Waals surface area contributed by atoms with Gasteiger partial charge in [0.1, 0.15) is 5.82 Å². The lowest BCUT2D eigenvalue weighted by molar-refractivity contribution is -0.115. The van der Waals surface area contributed by atoms with E-state index in [1.807, 2.05) is 24.4 Å². The molecule has 0 bridgehead atoms. The van der Waals surface area contributed by atoms with Crippen LogP contribution in [0.4, 0.5) is 16.1 Å². The van der Waals surface area contributed by atoms with Crippen molar-refractivity contribution in [1.82, 2.24) is 15.0 Å². The Balaban J connectivity index is 1.39. The van der Waals surface area contributed by atoms with Gasteiger partial charge in [0.15, 0.2) is 10.3 Å². The number of anilines is 3. The molecule has 0 unspecified atom stereocenters. The first-order valence-electron chi connectivity index (χ1n) is 8.05. The zero-order valence-electron chi connectivity index (χ0n) is 14.2. The Morgan fingerprint density at radius 3 is 2.89 bits per heavy atom. The van der Waals surface area contributed by atoms with Gasteiger partial charge in [-0.2, -0.15) is 0 Å². The van der Waals surface area contributed by atoms with Crippen molar-refractivity contribution in [2.45, 2.75) is 13.3 Å². The molecule has 136 valence electrons. The summed E-state index contributed by atoms with van der Waals surface area (Å²) in [6.07, 6.45) is 1.74. The number of carbonyl (C=O) groups is 1. The molecule has 4 aromatic rings. The highest BCUT2D eigenvalue weighted by Gasteiger charge is 2.11. The molecule has 0 aliphatic rings. The molecule has 0 aliphatic heterocycles. The third-order valence-electron chi connectivity index (χ3n) is 3.65. The molecule has 6 nitrogen and oxygen atoms in total. The van der Waals surface area contributed by atoms with Crippen LogP contribution in [0.25, 0.3) is 10.2 Å². The third kappa shape index (κ3) is 4.41. The van der Waals surface area contributed by atoms with Crippen molar-refractivity contribution < 1.29 is 4.79 Å². The van der Waals surface area contributed by atoms with Crippen LogP contribution in [0.1, 0.15) is 11.3 Å². The minimum absolute atomic E-state index is 0.146. The summed E-state index contributed by atoms with van der Waals surface area (Å²) in [5, 5.41) is 9.63. The van der Waals surface area contributed by atoms with Crippen molar-refractivity contribution in [3.8, 4) is 0 Å². The molecule has 9 heteroatoms. The van der Waals surface area contributed by atoms with Gasteiger partial charge in [0.05, 0.1) is 27.4 Å². The van der Waals surface area contributed by atoms with Crippen LogP contribution >= 0.6 is 34.3 Å². The highest BCUT2D eigenvalue weighted by Crippen LogP contribution is 2.27. The van der Waals surface area contributed by atoms with E-state index in [1.54, 1.807) is 18.3 Å². The molecular formula is C18H14ClN5OS2. The number of aryl methyl sites for hydroxylation is 1. The summed E-state index contributed by atoms with van der Waals surface area (Å²) in [6, 6.07) is 9.54. The number of thiazole rings is 2. The van der Waals surface area contributed by atoms with Crippen molar-refractivity contribution in [3.63, 3.8) is 0 Å². The quantitative estimate of drug-likeness (QED) is 0.477. The van der Waals surface area contributed by atoms with E-state index >= 15 is 0 Å². The molecule has 0 aliphatic carbocycles. The van der Waals surface area contributed by atoms with E-state index in [1.165, 1.54) is 28.2 Å². The van der Waals surface area contributed by atoms with E-state index in [2.05, 4.69) is 31.7 Å². The number of hydrogen-bond acceptors (Lipinski definition) is 7. The van der Waals surface area contributed by atoms with Gasteiger partial charge >= 0.3 is 0 Å². The summed E-state index contributed by atoms with van der Waals surface area (Å²) in [7, 11) is 0. The van der Waals surface area contributed by atoms with E-state index in [4.69, 9.17) is 11.6 Å². The van der Waals surface area contributed by atoms with Gasteiger partial charge in [-0.1, -0.05) is 29.0 Å². The molecule has 0 saturated carbocycles. The normalized spacial score (nSPS) is 10.9. The minimum Gasteiger partial charge on any atom is -0.316 e. The third-order valence-corrected chi connectivity index (χ3v) is 5.61. The minimum atomic E-state index is -0.146. The van der Waals surface area contributed by atoms with E-state index in [-0.39, 0.29) is 12.3 Å². The smallest absolute Gasteiger partial charge is 0.232 e.